The molecule has 6 N–H and O–H groups in total. The average Bonchev–Trinajstić information content (AvgIpc) is 3.37. The number of carbonyl (C=O) groups is 2. The summed E-state index contributed by atoms with van der Waals surface area (Å²) in [5, 5.41) is 56.8. The van der Waals surface area contributed by atoms with Crippen LogP contribution in [0.15, 0.2) is 48.6 Å². The van der Waals surface area contributed by atoms with Gasteiger partial charge in [0.2, 0.25) is 5.91 Å². The molecule has 1 rings (SSSR count). The molecule has 8 atom stereocenters. The number of ether oxygens (including phenoxy) is 3. The molecule has 11 nitrogen and oxygen atoms in total. The van der Waals surface area contributed by atoms with Crippen LogP contribution >= 0.6 is 0 Å². The van der Waals surface area contributed by atoms with Gasteiger partial charge in [0.1, 0.15) is 24.4 Å². The van der Waals surface area contributed by atoms with E-state index in [1.165, 1.54) is 135 Å². The van der Waals surface area contributed by atoms with E-state index < -0.39 is 67.4 Å². The lowest BCUT2D eigenvalue weighted by Crippen LogP contribution is -2.61. The van der Waals surface area contributed by atoms with Crippen molar-refractivity contribution in [2.75, 3.05) is 13.2 Å². The summed E-state index contributed by atoms with van der Waals surface area (Å²) in [6.45, 7) is 5.74. The minimum absolute atomic E-state index is 0.113. The van der Waals surface area contributed by atoms with Gasteiger partial charge in [-0.25, -0.2) is 0 Å². The number of rotatable bonds is 49. The molecule has 0 bridgehead atoms. The summed E-state index contributed by atoms with van der Waals surface area (Å²) in [5.74, 6) is -1.22. The molecular weight excluding hydrogens is 895 g/mol. The Bertz CT molecular complexity index is 1340. The minimum Gasteiger partial charge on any atom is -0.454 e. The normalized spacial score (nSPS) is 19.9. The molecule has 0 radical (unpaired) electrons. The number of esters is 1. The lowest BCUT2D eigenvalue weighted by atomic mass is 9.99. The molecule has 0 aromatic carbocycles. The smallest absolute Gasteiger partial charge is 0.306 e. The highest BCUT2D eigenvalue weighted by Gasteiger charge is 2.47. The van der Waals surface area contributed by atoms with Crippen LogP contribution in [0.1, 0.15) is 258 Å². The van der Waals surface area contributed by atoms with Crippen molar-refractivity contribution in [2.24, 2.45) is 0 Å². The lowest BCUT2D eigenvalue weighted by molar-refractivity contribution is -0.305. The van der Waals surface area contributed by atoms with Crippen LogP contribution in [-0.4, -0.2) is 99.6 Å². The number of aliphatic hydroxyl groups excluding tert-OH is 5. The SMILES string of the molecule is CCCCC/C=C\C/C=C\CCCCCCCCCC(=O)OC1C(OCC(NC(=O)C(O)CCCC/C=C\CCCCCCCCC)C(O)/C=C/CCCCCCCCCCCC)OC(CO)C(O)C1O. The Morgan fingerprint density at radius 2 is 0.972 bits per heavy atom. The van der Waals surface area contributed by atoms with Crippen molar-refractivity contribution in [1.29, 1.82) is 0 Å². The molecule has 414 valence electrons. The van der Waals surface area contributed by atoms with E-state index in [1.54, 1.807) is 6.08 Å². The predicted molar refractivity (Wildman–Crippen MR) is 292 cm³/mol. The van der Waals surface area contributed by atoms with Gasteiger partial charge >= 0.3 is 5.97 Å². The van der Waals surface area contributed by atoms with E-state index in [2.05, 4.69) is 62.5 Å². The zero-order valence-corrected chi connectivity index (χ0v) is 45.6. The first-order valence-corrected chi connectivity index (χ1v) is 29.4. The highest BCUT2D eigenvalue weighted by molar-refractivity contribution is 5.80. The number of hydrogen-bond acceptors (Lipinski definition) is 10. The van der Waals surface area contributed by atoms with Crippen molar-refractivity contribution >= 4 is 11.9 Å². The second kappa shape index (κ2) is 48.6. The second-order valence-electron chi connectivity index (χ2n) is 20.4. The molecule has 71 heavy (non-hydrogen) atoms. The van der Waals surface area contributed by atoms with Crippen molar-refractivity contribution < 1.29 is 49.3 Å². The molecule has 8 unspecified atom stereocenters. The zero-order chi connectivity index (χ0) is 51.8. The molecule has 0 saturated carbocycles. The fourth-order valence-electron chi connectivity index (χ4n) is 8.97. The van der Waals surface area contributed by atoms with Gasteiger partial charge in [0.25, 0.3) is 0 Å². The maximum atomic E-state index is 13.4. The lowest BCUT2D eigenvalue weighted by Gasteiger charge is -2.41. The van der Waals surface area contributed by atoms with Gasteiger partial charge in [-0.3, -0.25) is 9.59 Å². The van der Waals surface area contributed by atoms with Crippen LogP contribution in [0.5, 0.6) is 0 Å². The number of nitrogens with one attached hydrogen (secondary N) is 1. The third-order valence-electron chi connectivity index (χ3n) is 13.7. The maximum Gasteiger partial charge on any atom is 0.306 e. The molecule has 1 saturated heterocycles. The molecule has 1 heterocycles. The number of allylic oxidation sites excluding steroid dienone is 7. The molecule has 0 aliphatic carbocycles. The Morgan fingerprint density at radius 1 is 0.549 bits per heavy atom. The summed E-state index contributed by atoms with van der Waals surface area (Å²) < 4.78 is 17.6. The maximum absolute atomic E-state index is 13.4. The first kappa shape index (κ1) is 66.6. The highest BCUT2D eigenvalue weighted by atomic mass is 16.7. The van der Waals surface area contributed by atoms with E-state index in [-0.39, 0.29) is 19.4 Å². The van der Waals surface area contributed by atoms with Crippen molar-refractivity contribution in [3.05, 3.63) is 48.6 Å². The van der Waals surface area contributed by atoms with E-state index in [1.807, 2.05) is 6.08 Å². The molecule has 1 aliphatic rings. The Labute approximate surface area is 434 Å². The van der Waals surface area contributed by atoms with E-state index in [0.29, 0.717) is 12.8 Å². The average molecular weight is 1000 g/mol. The van der Waals surface area contributed by atoms with Crippen LogP contribution in [-0.2, 0) is 23.8 Å². The molecule has 0 aromatic heterocycles. The quantitative estimate of drug-likeness (QED) is 0.0195. The van der Waals surface area contributed by atoms with Crippen molar-refractivity contribution in [2.45, 2.75) is 307 Å². The first-order valence-electron chi connectivity index (χ1n) is 29.4. The standard InChI is InChI=1S/C60H109NO10/c1-4-7-10-13-16-19-22-25-26-27-28-30-33-36-39-42-45-48-55(65)71-58-57(67)56(66)54(49-62)70-60(58)69-50-51(52(63)46-43-40-37-34-31-24-21-18-15-12-9-6-3)61-59(68)53(64)47-44-41-38-35-32-29-23-20-17-14-11-8-5-2/h16,19,25-26,32,35,43,46,51-54,56-58,60,62-64,66-67H,4-15,17-18,20-24,27-31,33-34,36-42,44-45,47-50H2,1-3H3,(H,61,68)/b19-16-,26-25-,35-32-,46-43+. The number of aliphatic hydroxyl groups is 5. The summed E-state index contributed by atoms with van der Waals surface area (Å²) in [4.78, 5) is 26.4. The summed E-state index contributed by atoms with van der Waals surface area (Å²) in [7, 11) is 0. The summed E-state index contributed by atoms with van der Waals surface area (Å²) >= 11 is 0. The van der Waals surface area contributed by atoms with E-state index in [4.69, 9.17) is 14.2 Å². The largest absolute Gasteiger partial charge is 0.454 e. The third-order valence-corrected chi connectivity index (χ3v) is 13.7. The van der Waals surface area contributed by atoms with E-state index >= 15 is 0 Å². The number of carbonyl (C=O) groups excluding carboxylic acids is 2. The highest BCUT2D eigenvalue weighted by Crippen LogP contribution is 2.26. The fraction of sp³-hybridized carbons (Fsp3) is 0.833. The number of amides is 1. The fourth-order valence-corrected chi connectivity index (χ4v) is 8.97. The molecule has 0 spiro atoms. The molecule has 1 fully saturated rings. The van der Waals surface area contributed by atoms with Gasteiger partial charge in [0.15, 0.2) is 12.4 Å². The number of hydrogen-bond donors (Lipinski definition) is 6. The Hall–Kier alpha value is -2.38. The first-order chi connectivity index (χ1) is 34.7. The summed E-state index contributed by atoms with van der Waals surface area (Å²) in [6, 6.07) is -1.03. The number of unbranched alkanes of at least 4 members (excludes halogenated alkanes) is 29. The Morgan fingerprint density at radius 3 is 1.48 bits per heavy atom. The second-order valence-corrected chi connectivity index (χ2v) is 20.4. The van der Waals surface area contributed by atoms with Gasteiger partial charge < -0.3 is 45.1 Å². The Kier molecular flexibility index (Phi) is 45.6. The zero-order valence-electron chi connectivity index (χ0n) is 45.6. The van der Waals surface area contributed by atoms with Crippen molar-refractivity contribution in [3.8, 4) is 0 Å². The summed E-state index contributed by atoms with van der Waals surface area (Å²) in [5.41, 5.74) is 0. The predicted octanol–water partition coefficient (Wildman–Crippen LogP) is 13.3. The van der Waals surface area contributed by atoms with Gasteiger partial charge in [-0.1, -0.05) is 217 Å². The van der Waals surface area contributed by atoms with Crippen molar-refractivity contribution in [3.63, 3.8) is 0 Å². The topological polar surface area (TPSA) is 175 Å². The molecular formula is C60H109NO10. The van der Waals surface area contributed by atoms with E-state index in [9.17, 15) is 35.1 Å². The van der Waals surface area contributed by atoms with Crippen LogP contribution < -0.4 is 5.32 Å². The van der Waals surface area contributed by atoms with Crippen molar-refractivity contribution in [1.82, 2.24) is 5.32 Å². The van der Waals surface area contributed by atoms with Crippen LogP contribution in [0.25, 0.3) is 0 Å². The third kappa shape index (κ3) is 37.1. The molecule has 11 heteroatoms. The van der Waals surface area contributed by atoms with Crippen LogP contribution in [0.3, 0.4) is 0 Å². The molecule has 1 aliphatic heterocycles. The van der Waals surface area contributed by atoms with Gasteiger partial charge in [0, 0.05) is 6.42 Å². The monoisotopic (exact) mass is 1000 g/mol. The molecule has 1 amide bonds. The summed E-state index contributed by atoms with van der Waals surface area (Å²) in [6.07, 6.45) is 47.2. The van der Waals surface area contributed by atoms with E-state index in [0.717, 1.165) is 77.0 Å². The van der Waals surface area contributed by atoms with Crippen LogP contribution in [0.2, 0.25) is 0 Å². The van der Waals surface area contributed by atoms with Crippen LogP contribution in [0.4, 0.5) is 0 Å². The van der Waals surface area contributed by atoms with Crippen LogP contribution in [0, 0.1) is 0 Å². The molecule has 0 aromatic rings. The minimum atomic E-state index is -1.62. The Balaban J connectivity index is 2.73. The van der Waals surface area contributed by atoms with Gasteiger partial charge in [-0.2, -0.15) is 0 Å². The van der Waals surface area contributed by atoms with Gasteiger partial charge in [-0.15, -0.1) is 0 Å². The van der Waals surface area contributed by atoms with Gasteiger partial charge in [-0.05, 0) is 83.5 Å². The van der Waals surface area contributed by atoms with Gasteiger partial charge in [0.05, 0.1) is 25.4 Å².